The maximum Gasteiger partial charge on any atom is 0.250 e. The Morgan fingerprint density at radius 3 is 1.82 bits per heavy atom. The van der Waals surface area contributed by atoms with Gasteiger partial charge in [-0.15, -0.1) is 0 Å². The number of rotatable bonds is 2. The van der Waals surface area contributed by atoms with Crippen molar-refractivity contribution in [1.82, 2.24) is 0 Å². The van der Waals surface area contributed by atoms with Crippen molar-refractivity contribution in [1.29, 1.82) is 0 Å². The molecule has 0 aliphatic heterocycles. The molecule has 0 fully saturated rings. The predicted octanol–water partition coefficient (Wildman–Crippen LogP) is 2.95. The fourth-order valence-electron chi connectivity index (χ4n) is 1.50. The maximum absolute atomic E-state index is 6.32. The van der Waals surface area contributed by atoms with Crippen LogP contribution in [0.4, 0.5) is 0 Å². The van der Waals surface area contributed by atoms with Crippen molar-refractivity contribution in [2.24, 2.45) is 0 Å². The monoisotopic (exact) mass is 248 g/mol. The van der Waals surface area contributed by atoms with Gasteiger partial charge >= 0.3 is 0 Å². The van der Waals surface area contributed by atoms with Crippen molar-refractivity contribution in [2.75, 3.05) is 0 Å². The number of aryl methyl sites for hydroxylation is 2. The number of hydrogen-bond donors (Lipinski definition) is 0. The van der Waals surface area contributed by atoms with Crippen molar-refractivity contribution in [3.8, 4) is 5.75 Å². The molecule has 0 saturated heterocycles. The smallest absolute Gasteiger partial charge is 0.250 e. The lowest BCUT2D eigenvalue weighted by atomic mass is 9.87. The van der Waals surface area contributed by atoms with Crippen LogP contribution in [-0.4, -0.2) is 16.2 Å². The maximum atomic E-state index is 6.32. The Bertz CT molecular complexity index is 396. The van der Waals surface area contributed by atoms with Crippen LogP contribution >= 0.6 is 0 Å². The van der Waals surface area contributed by atoms with Gasteiger partial charge in [-0.2, -0.15) is 0 Å². The van der Waals surface area contributed by atoms with Crippen molar-refractivity contribution < 1.29 is 4.43 Å². The van der Waals surface area contributed by atoms with Gasteiger partial charge in [0.15, 0.2) is 0 Å². The molecule has 0 spiro atoms. The lowest BCUT2D eigenvalue weighted by Gasteiger charge is -2.36. The van der Waals surface area contributed by atoms with Gasteiger partial charge in [0.1, 0.15) is 13.6 Å². The summed E-state index contributed by atoms with van der Waals surface area (Å²) in [5.74, 6) is 1.04. The summed E-state index contributed by atoms with van der Waals surface area (Å²) in [6.07, 6.45) is 0. The highest BCUT2D eigenvalue weighted by molar-refractivity contribution is 6.74. The van der Waals surface area contributed by atoms with Crippen LogP contribution in [0.2, 0.25) is 18.1 Å². The van der Waals surface area contributed by atoms with E-state index in [1.165, 1.54) is 16.6 Å². The minimum Gasteiger partial charge on any atom is -0.543 e. The molecule has 0 amide bonds. The zero-order chi connectivity index (χ0) is 13.4. The van der Waals surface area contributed by atoms with Crippen LogP contribution < -0.4 is 9.89 Å². The molecule has 1 nitrogen and oxygen atoms in total. The van der Waals surface area contributed by atoms with Gasteiger partial charge in [-0.1, -0.05) is 37.4 Å². The third kappa shape index (κ3) is 3.15. The molecule has 1 aromatic rings. The molecule has 0 N–H and O–H groups in total. The van der Waals surface area contributed by atoms with Crippen LogP contribution in [0.15, 0.2) is 12.1 Å². The average molecular weight is 248 g/mol. The van der Waals surface area contributed by atoms with E-state index in [9.17, 15) is 0 Å². The minimum absolute atomic E-state index is 0.250. The van der Waals surface area contributed by atoms with Gasteiger partial charge in [-0.3, -0.25) is 0 Å². The summed E-state index contributed by atoms with van der Waals surface area (Å²) in [7, 11) is 0.458. The van der Waals surface area contributed by atoms with Crippen molar-refractivity contribution in [3.05, 3.63) is 23.3 Å². The van der Waals surface area contributed by atoms with E-state index in [1.54, 1.807) is 0 Å². The summed E-state index contributed by atoms with van der Waals surface area (Å²) in [4.78, 5) is 0. The Labute approximate surface area is 108 Å². The normalized spacial score (nSPS) is 12.6. The Hall–Kier alpha value is -0.698. The van der Waals surface area contributed by atoms with Crippen LogP contribution in [0.1, 0.15) is 31.9 Å². The average Bonchev–Trinajstić information content (AvgIpc) is 2.11. The van der Waals surface area contributed by atoms with Crippen molar-refractivity contribution in [2.45, 2.75) is 52.8 Å². The van der Waals surface area contributed by atoms with E-state index in [2.05, 4.69) is 67.7 Å². The highest BCUT2D eigenvalue weighted by atomic mass is 28.4. The second kappa shape index (κ2) is 4.52. The summed E-state index contributed by atoms with van der Waals surface area (Å²) in [5, 5.41) is 0.250. The first-order valence-corrected chi connectivity index (χ1v) is 9.22. The molecule has 0 heterocycles. The Morgan fingerprint density at radius 2 is 1.47 bits per heavy atom. The third-order valence-corrected chi connectivity index (χ3v) is 8.44. The van der Waals surface area contributed by atoms with Crippen molar-refractivity contribution in [3.63, 3.8) is 0 Å². The van der Waals surface area contributed by atoms with E-state index >= 15 is 0 Å². The third-order valence-electron chi connectivity index (χ3n) is 4.08. The Kier molecular flexibility index (Phi) is 3.82. The first-order chi connectivity index (χ1) is 7.54. The van der Waals surface area contributed by atoms with E-state index in [1.807, 2.05) is 0 Å². The summed E-state index contributed by atoms with van der Waals surface area (Å²) >= 11 is 0. The quantitative estimate of drug-likeness (QED) is 0.731. The fourth-order valence-corrected chi connectivity index (χ4v) is 2.52. The zero-order valence-corrected chi connectivity index (χ0v) is 13.6. The summed E-state index contributed by atoms with van der Waals surface area (Å²) < 4.78 is 6.32. The second-order valence-electron chi connectivity index (χ2n) is 6.54. The summed E-state index contributed by atoms with van der Waals surface area (Å²) in [5.41, 5.74) is 4.00. The zero-order valence-electron chi connectivity index (χ0n) is 12.6. The van der Waals surface area contributed by atoms with E-state index < -0.39 is 8.32 Å². The lowest BCUT2D eigenvalue weighted by molar-refractivity contribution is 0.491. The molecule has 0 saturated carbocycles. The molecular formula is C14H25BOSi. The molecule has 94 valence electrons. The first-order valence-electron chi connectivity index (χ1n) is 6.31. The molecule has 0 aromatic heterocycles. The van der Waals surface area contributed by atoms with Gasteiger partial charge in [-0.05, 0) is 44.1 Å². The van der Waals surface area contributed by atoms with E-state index in [-0.39, 0.29) is 5.04 Å². The highest BCUT2D eigenvalue weighted by Crippen LogP contribution is 2.37. The van der Waals surface area contributed by atoms with Gasteiger partial charge in [0.25, 0.3) is 0 Å². The molecule has 0 atom stereocenters. The summed E-state index contributed by atoms with van der Waals surface area (Å²) in [6, 6.07) is 4.34. The largest absolute Gasteiger partial charge is 0.543 e. The van der Waals surface area contributed by atoms with Crippen LogP contribution in [0.5, 0.6) is 5.75 Å². The van der Waals surface area contributed by atoms with Crippen LogP contribution in [0, 0.1) is 13.8 Å². The topological polar surface area (TPSA) is 9.23 Å². The Balaban J connectivity index is 3.05. The van der Waals surface area contributed by atoms with Gasteiger partial charge < -0.3 is 4.43 Å². The molecule has 1 rings (SSSR count). The molecule has 0 unspecified atom stereocenters. The van der Waals surface area contributed by atoms with E-state index in [0.717, 1.165) is 5.75 Å². The number of hydrogen-bond acceptors (Lipinski definition) is 1. The lowest BCUT2D eigenvalue weighted by Crippen LogP contribution is -2.44. The second-order valence-corrected chi connectivity index (χ2v) is 11.3. The molecule has 17 heavy (non-hydrogen) atoms. The number of benzene rings is 1. The molecule has 0 bridgehead atoms. The SMILES string of the molecule is Bc1c(C)cc(O[Si](C)(C)C(C)(C)C)cc1C. The van der Waals surface area contributed by atoms with Gasteiger partial charge in [0, 0.05) is 0 Å². The van der Waals surface area contributed by atoms with Crippen molar-refractivity contribution >= 4 is 21.6 Å². The van der Waals surface area contributed by atoms with E-state index in [4.69, 9.17) is 4.43 Å². The molecule has 1 aromatic carbocycles. The molecule has 3 heteroatoms. The molecular weight excluding hydrogens is 223 g/mol. The highest BCUT2D eigenvalue weighted by Gasteiger charge is 2.38. The fraction of sp³-hybridized carbons (Fsp3) is 0.571. The van der Waals surface area contributed by atoms with E-state index in [0.29, 0.717) is 0 Å². The molecule has 0 radical (unpaired) electrons. The molecule has 0 aliphatic rings. The molecule has 0 aliphatic carbocycles. The summed E-state index contributed by atoms with van der Waals surface area (Å²) in [6.45, 7) is 15.7. The van der Waals surface area contributed by atoms with Gasteiger partial charge in [0.2, 0.25) is 8.32 Å². The first kappa shape index (κ1) is 14.4. The van der Waals surface area contributed by atoms with Crippen LogP contribution in [0.25, 0.3) is 0 Å². The standard InChI is InChI=1S/C14H25BOSi/c1-10-8-12(9-11(2)13(10)15)16-17(6,7)14(3,4)5/h8-9H,15H2,1-7H3. The predicted molar refractivity (Wildman–Crippen MR) is 81.9 cm³/mol. The van der Waals surface area contributed by atoms with Crippen LogP contribution in [-0.2, 0) is 0 Å². The van der Waals surface area contributed by atoms with Gasteiger partial charge in [0.05, 0.1) is 0 Å². The Morgan fingerprint density at radius 1 is 1.06 bits per heavy atom. The van der Waals surface area contributed by atoms with Crippen LogP contribution in [0.3, 0.4) is 0 Å². The van der Waals surface area contributed by atoms with Gasteiger partial charge in [-0.25, -0.2) is 0 Å². The minimum atomic E-state index is -1.71.